The minimum atomic E-state index is 0.0111. The second kappa shape index (κ2) is 4.08. The summed E-state index contributed by atoms with van der Waals surface area (Å²) in [5.74, 6) is 1.14. The minimum Gasteiger partial charge on any atom is -0.376 e. The molecule has 2 aliphatic heterocycles. The predicted octanol–water partition coefficient (Wildman–Crippen LogP) is 0.205. The molecule has 5 heteroatoms. The molecule has 2 aliphatic rings. The van der Waals surface area contributed by atoms with E-state index in [0.717, 1.165) is 38.5 Å². The normalized spacial score (nSPS) is 33.9. The summed E-state index contributed by atoms with van der Waals surface area (Å²) in [7, 11) is 0. The molecule has 0 amide bonds. The Morgan fingerprint density at radius 1 is 1.59 bits per heavy atom. The van der Waals surface area contributed by atoms with Crippen LogP contribution in [0.3, 0.4) is 0 Å². The molecule has 17 heavy (non-hydrogen) atoms. The van der Waals surface area contributed by atoms with Gasteiger partial charge in [-0.3, -0.25) is 4.90 Å². The van der Waals surface area contributed by atoms with Gasteiger partial charge in [-0.25, -0.2) is 4.98 Å². The molecule has 1 fully saturated rings. The highest BCUT2D eigenvalue weighted by atomic mass is 16.5. The molecule has 0 bridgehead atoms. The van der Waals surface area contributed by atoms with Crippen LogP contribution in [-0.4, -0.2) is 45.8 Å². The third-order valence-electron chi connectivity index (χ3n) is 4.39. The summed E-state index contributed by atoms with van der Waals surface area (Å²) in [6.07, 6.45) is 5.18. The predicted molar refractivity (Wildman–Crippen MR) is 64.5 cm³/mol. The summed E-state index contributed by atoms with van der Waals surface area (Å²) < 4.78 is 7.96. The van der Waals surface area contributed by atoms with Crippen LogP contribution in [0.1, 0.15) is 19.2 Å². The van der Waals surface area contributed by atoms with Gasteiger partial charge < -0.3 is 15.0 Å². The quantitative estimate of drug-likeness (QED) is 0.797. The average Bonchev–Trinajstić information content (AvgIpc) is 2.94. The van der Waals surface area contributed by atoms with Crippen molar-refractivity contribution >= 4 is 0 Å². The maximum atomic E-state index is 6.04. The van der Waals surface area contributed by atoms with E-state index < -0.39 is 0 Å². The fourth-order valence-corrected chi connectivity index (χ4v) is 3.14. The third-order valence-corrected chi connectivity index (χ3v) is 4.39. The molecule has 2 unspecified atom stereocenters. The first-order valence-corrected chi connectivity index (χ1v) is 6.33. The first kappa shape index (κ1) is 11.2. The molecule has 0 radical (unpaired) electrons. The highest BCUT2D eigenvalue weighted by Gasteiger charge is 2.46. The molecule has 3 heterocycles. The molecule has 0 aromatic carbocycles. The van der Waals surface area contributed by atoms with Gasteiger partial charge in [0.25, 0.3) is 0 Å². The SMILES string of the molecule is CC1OCCC1(CN)N1CCn2ccnc2C1. The van der Waals surface area contributed by atoms with E-state index in [1.807, 2.05) is 6.20 Å². The third kappa shape index (κ3) is 1.61. The van der Waals surface area contributed by atoms with Crippen LogP contribution in [0.15, 0.2) is 12.4 Å². The first-order valence-electron chi connectivity index (χ1n) is 6.33. The van der Waals surface area contributed by atoms with E-state index in [9.17, 15) is 0 Å². The van der Waals surface area contributed by atoms with Crippen LogP contribution in [0.4, 0.5) is 0 Å². The molecule has 1 saturated heterocycles. The van der Waals surface area contributed by atoms with Crippen molar-refractivity contribution in [1.82, 2.24) is 14.5 Å². The number of hydrogen-bond acceptors (Lipinski definition) is 4. The van der Waals surface area contributed by atoms with Crippen LogP contribution < -0.4 is 5.73 Å². The monoisotopic (exact) mass is 236 g/mol. The van der Waals surface area contributed by atoms with Gasteiger partial charge in [0, 0.05) is 38.6 Å². The molecule has 3 rings (SSSR count). The lowest BCUT2D eigenvalue weighted by Crippen LogP contribution is -2.59. The number of aromatic nitrogens is 2. The highest BCUT2D eigenvalue weighted by molar-refractivity contribution is 5.05. The molecule has 0 spiro atoms. The molecular formula is C12H20N4O. The van der Waals surface area contributed by atoms with E-state index in [2.05, 4.69) is 27.6 Å². The molecule has 0 aliphatic carbocycles. The average molecular weight is 236 g/mol. The maximum Gasteiger partial charge on any atom is 0.122 e. The number of fused-ring (bicyclic) bond motifs is 1. The molecular weight excluding hydrogens is 216 g/mol. The maximum absolute atomic E-state index is 6.04. The van der Waals surface area contributed by atoms with Crippen LogP contribution >= 0.6 is 0 Å². The van der Waals surface area contributed by atoms with E-state index >= 15 is 0 Å². The number of nitrogens with zero attached hydrogens (tertiary/aromatic N) is 3. The molecule has 94 valence electrons. The van der Waals surface area contributed by atoms with Crippen molar-refractivity contribution in [3.8, 4) is 0 Å². The zero-order valence-corrected chi connectivity index (χ0v) is 10.3. The fourth-order valence-electron chi connectivity index (χ4n) is 3.14. The van der Waals surface area contributed by atoms with Gasteiger partial charge in [0.05, 0.1) is 18.2 Å². The van der Waals surface area contributed by atoms with E-state index in [1.54, 1.807) is 0 Å². The van der Waals surface area contributed by atoms with Gasteiger partial charge in [-0.05, 0) is 13.3 Å². The van der Waals surface area contributed by atoms with Crippen LogP contribution in [0.2, 0.25) is 0 Å². The lowest BCUT2D eigenvalue weighted by Gasteiger charge is -2.44. The van der Waals surface area contributed by atoms with Crippen molar-refractivity contribution in [3.63, 3.8) is 0 Å². The summed E-state index contributed by atoms with van der Waals surface area (Å²) >= 11 is 0. The Morgan fingerprint density at radius 2 is 2.47 bits per heavy atom. The van der Waals surface area contributed by atoms with Gasteiger partial charge in [-0.15, -0.1) is 0 Å². The van der Waals surface area contributed by atoms with Crippen LogP contribution in [-0.2, 0) is 17.8 Å². The van der Waals surface area contributed by atoms with Crippen molar-refractivity contribution in [2.75, 3.05) is 19.7 Å². The number of rotatable bonds is 2. The highest BCUT2D eigenvalue weighted by Crippen LogP contribution is 2.33. The Labute approximate surface area is 102 Å². The Bertz CT molecular complexity index is 405. The Hall–Kier alpha value is -0.910. The lowest BCUT2D eigenvalue weighted by molar-refractivity contribution is -0.000975. The molecule has 1 aromatic heterocycles. The van der Waals surface area contributed by atoms with E-state index in [4.69, 9.17) is 10.5 Å². The molecule has 2 atom stereocenters. The van der Waals surface area contributed by atoms with Gasteiger partial charge in [0.15, 0.2) is 0 Å². The molecule has 5 nitrogen and oxygen atoms in total. The van der Waals surface area contributed by atoms with Crippen molar-refractivity contribution in [1.29, 1.82) is 0 Å². The fraction of sp³-hybridized carbons (Fsp3) is 0.750. The summed E-state index contributed by atoms with van der Waals surface area (Å²) in [5, 5.41) is 0. The standard InChI is InChI=1S/C12H20N4O/c1-10-12(9-13,2-7-17-10)16-6-5-15-4-3-14-11(15)8-16/h3-4,10H,2,5-9,13H2,1H3. The van der Waals surface area contributed by atoms with Gasteiger partial charge in [0.1, 0.15) is 5.82 Å². The summed E-state index contributed by atoms with van der Waals surface area (Å²) in [5.41, 5.74) is 6.05. The van der Waals surface area contributed by atoms with E-state index in [0.29, 0.717) is 6.54 Å². The van der Waals surface area contributed by atoms with Gasteiger partial charge >= 0.3 is 0 Å². The molecule has 0 saturated carbocycles. The molecule has 2 N–H and O–H groups in total. The second-order valence-corrected chi connectivity index (χ2v) is 5.03. The number of hydrogen-bond donors (Lipinski definition) is 1. The number of nitrogens with two attached hydrogens (primary N) is 1. The van der Waals surface area contributed by atoms with E-state index in [-0.39, 0.29) is 11.6 Å². The largest absolute Gasteiger partial charge is 0.376 e. The topological polar surface area (TPSA) is 56.3 Å². The Morgan fingerprint density at radius 3 is 3.18 bits per heavy atom. The lowest BCUT2D eigenvalue weighted by atomic mass is 9.89. The number of imidazole rings is 1. The van der Waals surface area contributed by atoms with Crippen molar-refractivity contribution in [3.05, 3.63) is 18.2 Å². The van der Waals surface area contributed by atoms with Crippen molar-refractivity contribution in [2.24, 2.45) is 5.73 Å². The summed E-state index contributed by atoms with van der Waals surface area (Å²) in [4.78, 5) is 6.87. The summed E-state index contributed by atoms with van der Waals surface area (Å²) in [6.45, 7) is 6.55. The first-order chi connectivity index (χ1) is 8.26. The zero-order valence-electron chi connectivity index (χ0n) is 10.3. The minimum absolute atomic E-state index is 0.0111. The zero-order chi connectivity index (χ0) is 11.9. The van der Waals surface area contributed by atoms with Gasteiger partial charge in [0.2, 0.25) is 0 Å². The van der Waals surface area contributed by atoms with Crippen molar-refractivity contribution < 1.29 is 4.74 Å². The molecule has 1 aromatic rings. The Kier molecular flexibility index (Phi) is 2.69. The van der Waals surface area contributed by atoms with Gasteiger partial charge in [-0.2, -0.15) is 0 Å². The van der Waals surface area contributed by atoms with E-state index in [1.165, 1.54) is 0 Å². The van der Waals surface area contributed by atoms with Crippen LogP contribution in [0.5, 0.6) is 0 Å². The Balaban J connectivity index is 1.85. The van der Waals surface area contributed by atoms with Gasteiger partial charge in [-0.1, -0.05) is 0 Å². The van der Waals surface area contributed by atoms with Crippen molar-refractivity contribution in [2.45, 2.75) is 38.1 Å². The number of ether oxygens (including phenoxy) is 1. The smallest absolute Gasteiger partial charge is 0.122 e. The van der Waals surface area contributed by atoms with Crippen LogP contribution in [0, 0.1) is 0 Å². The second-order valence-electron chi connectivity index (χ2n) is 5.03. The summed E-state index contributed by atoms with van der Waals surface area (Å²) in [6, 6.07) is 0. The van der Waals surface area contributed by atoms with Crippen LogP contribution in [0.25, 0.3) is 0 Å².